The van der Waals surface area contributed by atoms with Crippen molar-refractivity contribution < 1.29 is 14.3 Å². The van der Waals surface area contributed by atoms with Gasteiger partial charge < -0.3 is 15.0 Å². The molecule has 1 saturated carbocycles. The number of hydrogen-bond acceptors (Lipinski definition) is 4. The van der Waals surface area contributed by atoms with Gasteiger partial charge in [-0.25, -0.2) is 9.37 Å². The summed E-state index contributed by atoms with van der Waals surface area (Å²) in [6.45, 7) is 3.69. The van der Waals surface area contributed by atoms with Crippen molar-refractivity contribution in [3.63, 3.8) is 0 Å². The molecule has 6 nitrogen and oxygen atoms in total. The van der Waals surface area contributed by atoms with Gasteiger partial charge in [-0.1, -0.05) is 18.2 Å². The Bertz CT molecular complexity index is 1110. The number of nitrogens with zero attached hydrogens (tertiary/aromatic N) is 3. The van der Waals surface area contributed by atoms with Crippen LogP contribution in [0.5, 0.6) is 0 Å². The molecule has 1 aromatic heterocycles. The second kappa shape index (κ2) is 8.05. The van der Waals surface area contributed by atoms with Crippen molar-refractivity contribution in [1.29, 1.82) is 0 Å². The van der Waals surface area contributed by atoms with E-state index in [1.165, 1.54) is 6.07 Å². The number of nitrogens with one attached hydrogen (secondary N) is 1. The van der Waals surface area contributed by atoms with Gasteiger partial charge in [0, 0.05) is 13.1 Å². The normalized spacial score (nSPS) is 26.2. The summed E-state index contributed by atoms with van der Waals surface area (Å²) in [5.41, 5.74) is 3.10. The van der Waals surface area contributed by atoms with Crippen LogP contribution in [0.3, 0.4) is 0 Å². The van der Waals surface area contributed by atoms with E-state index in [0.29, 0.717) is 18.3 Å². The molecule has 7 heteroatoms. The van der Waals surface area contributed by atoms with Crippen molar-refractivity contribution in [1.82, 2.24) is 14.5 Å². The van der Waals surface area contributed by atoms with E-state index in [1.54, 1.807) is 12.1 Å². The zero-order valence-electron chi connectivity index (χ0n) is 17.5. The zero-order chi connectivity index (χ0) is 21.5. The molecule has 2 aromatic carbocycles. The van der Waals surface area contributed by atoms with Gasteiger partial charge in [0.05, 0.1) is 41.7 Å². The number of aliphatic hydroxyl groups excluding tert-OH is 1. The van der Waals surface area contributed by atoms with Crippen molar-refractivity contribution in [3.05, 3.63) is 60.2 Å². The molecular formula is C24H27FN4O2. The summed E-state index contributed by atoms with van der Waals surface area (Å²) in [5, 5.41) is 13.6. The van der Waals surface area contributed by atoms with E-state index in [2.05, 4.69) is 19.8 Å². The highest BCUT2D eigenvalue weighted by atomic mass is 19.1. The predicted molar refractivity (Wildman–Crippen MR) is 117 cm³/mol. The SMILES string of the molecule is Cc1ccc(F)c(NC(=O)CN2C[C@H]3C[C@@H](n4cnc5ccccc54)[C@H](O)C[C@H]3C2)c1. The molecule has 4 atom stereocenters. The van der Waals surface area contributed by atoms with Gasteiger partial charge in [-0.05, 0) is 61.4 Å². The summed E-state index contributed by atoms with van der Waals surface area (Å²) >= 11 is 0. The number of aromatic nitrogens is 2. The number of anilines is 1. The first-order chi connectivity index (χ1) is 15.0. The number of fused-ring (bicyclic) bond motifs is 2. The summed E-state index contributed by atoms with van der Waals surface area (Å²) in [7, 11) is 0. The number of hydrogen-bond donors (Lipinski definition) is 2. The molecule has 2 fully saturated rings. The van der Waals surface area contributed by atoms with Crippen LogP contribution in [0.25, 0.3) is 11.0 Å². The molecule has 0 bridgehead atoms. The van der Waals surface area contributed by atoms with E-state index in [0.717, 1.165) is 36.1 Å². The maximum atomic E-state index is 14.0. The van der Waals surface area contributed by atoms with Crippen LogP contribution >= 0.6 is 0 Å². The van der Waals surface area contributed by atoms with Crippen molar-refractivity contribution in [2.45, 2.75) is 31.9 Å². The molecule has 2 aliphatic rings. The van der Waals surface area contributed by atoms with Crippen LogP contribution in [0.2, 0.25) is 0 Å². The lowest BCUT2D eigenvalue weighted by atomic mass is 9.77. The smallest absolute Gasteiger partial charge is 0.238 e. The van der Waals surface area contributed by atoms with E-state index >= 15 is 0 Å². The number of likely N-dealkylation sites (tertiary alicyclic amines) is 1. The maximum Gasteiger partial charge on any atom is 0.238 e. The predicted octanol–water partition coefficient (Wildman–Crippen LogP) is 3.37. The molecule has 162 valence electrons. The van der Waals surface area contributed by atoms with E-state index in [1.807, 2.05) is 37.5 Å². The Morgan fingerprint density at radius 1 is 1.19 bits per heavy atom. The van der Waals surface area contributed by atoms with Crippen LogP contribution in [0.4, 0.5) is 10.1 Å². The quantitative estimate of drug-likeness (QED) is 0.676. The van der Waals surface area contributed by atoms with Crippen LogP contribution in [-0.2, 0) is 4.79 Å². The Hall–Kier alpha value is -2.77. The Balaban J connectivity index is 1.24. The fourth-order valence-electron chi connectivity index (χ4n) is 5.30. The van der Waals surface area contributed by atoms with Crippen molar-refractivity contribution in [2.75, 3.05) is 25.0 Å². The van der Waals surface area contributed by atoms with Gasteiger partial charge in [-0.15, -0.1) is 0 Å². The van der Waals surface area contributed by atoms with Crippen molar-refractivity contribution >= 4 is 22.6 Å². The molecule has 3 aromatic rings. The molecule has 5 rings (SSSR count). The standard InChI is InChI=1S/C24H27FN4O2/c1-15-6-7-18(25)20(8-15)27-24(31)13-28-11-16-9-22(23(30)10-17(16)12-28)29-14-26-19-4-2-3-5-21(19)29/h2-8,14,16-17,22-23,30H,9-13H2,1H3,(H,27,31)/t16-,17+,22-,23-/m1/s1. The van der Waals surface area contributed by atoms with Gasteiger partial charge in [0.1, 0.15) is 5.82 Å². The van der Waals surface area contributed by atoms with Gasteiger partial charge in [0.25, 0.3) is 0 Å². The van der Waals surface area contributed by atoms with Crippen LogP contribution in [0.1, 0.15) is 24.4 Å². The van der Waals surface area contributed by atoms with Crippen LogP contribution in [-0.4, -0.2) is 51.2 Å². The lowest BCUT2D eigenvalue weighted by Gasteiger charge is -2.36. The molecule has 0 unspecified atom stereocenters. The zero-order valence-corrected chi connectivity index (χ0v) is 17.5. The van der Waals surface area contributed by atoms with Gasteiger partial charge in [0.2, 0.25) is 5.91 Å². The summed E-state index contributed by atoms with van der Waals surface area (Å²) in [6.07, 6.45) is 2.97. The minimum atomic E-state index is -0.436. The largest absolute Gasteiger partial charge is 0.391 e. The van der Waals surface area contributed by atoms with E-state index in [-0.39, 0.29) is 24.2 Å². The molecule has 2 heterocycles. The number of carbonyl (C=O) groups excluding carboxylic acids is 1. The third kappa shape index (κ3) is 3.95. The topological polar surface area (TPSA) is 70.4 Å². The van der Waals surface area contributed by atoms with E-state index < -0.39 is 11.9 Å². The van der Waals surface area contributed by atoms with Crippen LogP contribution in [0.15, 0.2) is 48.8 Å². The second-order valence-electron chi connectivity index (χ2n) is 8.99. The van der Waals surface area contributed by atoms with E-state index in [4.69, 9.17) is 0 Å². The minimum Gasteiger partial charge on any atom is -0.391 e. The molecule has 0 radical (unpaired) electrons. The number of carbonyl (C=O) groups is 1. The highest BCUT2D eigenvalue weighted by molar-refractivity contribution is 5.92. The molecule has 2 N–H and O–H groups in total. The number of imidazole rings is 1. The van der Waals surface area contributed by atoms with Gasteiger partial charge >= 0.3 is 0 Å². The molecule has 1 saturated heterocycles. The maximum absolute atomic E-state index is 14.0. The Kier molecular flexibility index (Phi) is 5.24. The monoisotopic (exact) mass is 422 g/mol. The Labute approximate surface area is 180 Å². The first-order valence-corrected chi connectivity index (χ1v) is 10.9. The number of halogens is 1. The lowest BCUT2D eigenvalue weighted by Crippen LogP contribution is -2.36. The number of aliphatic hydroxyl groups is 1. The third-order valence-corrected chi connectivity index (χ3v) is 6.79. The number of para-hydroxylation sites is 2. The Morgan fingerprint density at radius 2 is 1.97 bits per heavy atom. The summed E-state index contributed by atoms with van der Waals surface area (Å²) in [5.74, 6) is 0.149. The first-order valence-electron chi connectivity index (χ1n) is 10.9. The summed E-state index contributed by atoms with van der Waals surface area (Å²) in [4.78, 5) is 19.1. The highest BCUT2D eigenvalue weighted by Crippen LogP contribution is 2.42. The molecular weight excluding hydrogens is 395 g/mol. The molecule has 1 amide bonds. The number of amides is 1. The number of rotatable bonds is 4. The fraction of sp³-hybridized carbons (Fsp3) is 0.417. The second-order valence-corrected chi connectivity index (χ2v) is 8.99. The highest BCUT2D eigenvalue weighted by Gasteiger charge is 2.42. The van der Waals surface area contributed by atoms with Gasteiger partial charge in [0.15, 0.2) is 0 Å². The Morgan fingerprint density at radius 3 is 2.81 bits per heavy atom. The average Bonchev–Trinajstić information content (AvgIpc) is 3.33. The summed E-state index contributed by atoms with van der Waals surface area (Å²) in [6, 6.07) is 12.7. The third-order valence-electron chi connectivity index (χ3n) is 6.79. The van der Waals surface area contributed by atoms with Crippen molar-refractivity contribution in [3.8, 4) is 0 Å². The van der Waals surface area contributed by atoms with Gasteiger partial charge in [-0.3, -0.25) is 9.69 Å². The van der Waals surface area contributed by atoms with Gasteiger partial charge in [-0.2, -0.15) is 0 Å². The first kappa shape index (κ1) is 20.2. The fourth-order valence-corrected chi connectivity index (χ4v) is 5.30. The number of aryl methyl sites for hydroxylation is 1. The molecule has 31 heavy (non-hydrogen) atoms. The lowest BCUT2D eigenvalue weighted by molar-refractivity contribution is -0.117. The van der Waals surface area contributed by atoms with Crippen LogP contribution < -0.4 is 5.32 Å². The molecule has 0 spiro atoms. The van der Waals surface area contributed by atoms with Crippen molar-refractivity contribution in [2.24, 2.45) is 11.8 Å². The minimum absolute atomic E-state index is 0.0104. The van der Waals surface area contributed by atoms with Crippen LogP contribution in [0, 0.1) is 24.6 Å². The molecule has 1 aliphatic heterocycles. The average molecular weight is 423 g/mol. The van der Waals surface area contributed by atoms with E-state index in [9.17, 15) is 14.3 Å². The number of benzene rings is 2. The summed E-state index contributed by atoms with van der Waals surface area (Å²) < 4.78 is 16.1. The molecule has 1 aliphatic carbocycles.